The summed E-state index contributed by atoms with van der Waals surface area (Å²) in [5.41, 5.74) is -0.342. The summed E-state index contributed by atoms with van der Waals surface area (Å²) >= 11 is 0. The summed E-state index contributed by atoms with van der Waals surface area (Å²) in [6, 6.07) is 0.199. The molecule has 1 saturated carbocycles. The van der Waals surface area contributed by atoms with Crippen LogP contribution in [0.4, 0.5) is 4.79 Å². The molecule has 1 fully saturated rings. The van der Waals surface area contributed by atoms with E-state index < -0.39 is 5.60 Å². The zero-order valence-electron chi connectivity index (χ0n) is 12.1. The Morgan fingerprint density at radius 3 is 2.12 bits per heavy atom. The van der Waals surface area contributed by atoms with Gasteiger partial charge in [-0.1, -0.05) is 33.6 Å². The molecule has 1 rings (SSSR count). The highest BCUT2D eigenvalue weighted by molar-refractivity contribution is 5.68. The topological polar surface area (TPSA) is 38.3 Å². The standard InChI is InChI=1S/C14H27NO2/c1-13(2,3)11(9-10-7-8-10)15-12(16)17-14(4,5)6/h10-11H,7-9H2,1-6H3,(H,15,16). The molecule has 0 heterocycles. The number of amides is 1. The van der Waals surface area contributed by atoms with Crippen LogP contribution in [0, 0.1) is 11.3 Å². The second-order valence-electron chi connectivity index (χ2n) is 7.24. The molecule has 17 heavy (non-hydrogen) atoms. The van der Waals surface area contributed by atoms with Crippen molar-refractivity contribution in [2.45, 2.75) is 72.4 Å². The van der Waals surface area contributed by atoms with Crippen LogP contribution in [0.3, 0.4) is 0 Å². The van der Waals surface area contributed by atoms with Gasteiger partial charge >= 0.3 is 6.09 Å². The molecule has 0 aromatic rings. The first-order chi connectivity index (χ1) is 7.58. The molecule has 3 heteroatoms. The number of nitrogens with one attached hydrogen (secondary N) is 1. The van der Waals surface area contributed by atoms with Crippen LogP contribution in [0.1, 0.15) is 60.8 Å². The summed E-state index contributed by atoms with van der Waals surface area (Å²) in [5.74, 6) is 0.800. The molecule has 0 aliphatic heterocycles. The summed E-state index contributed by atoms with van der Waals surface area (Å²) in [6.07, 6.45) is 3.39. The first-order valence-electron chi connectivity index (χ1n) is 6.57. The molecule has 0 bridgehead atoms. The fourth-order valence-corrected chi connectivity index (χ4v) is 1.77. The molecule has 1 unspecified atom stereocenters. The van der Waals surface area contributed by atoms with Crippen molar-refractivity contribution in [3.63, 3.8) is 0 Å². The lowest BCUT2D eigenvalue weighted by Crippen LogP contribution is -2.46. The Morgan fingerprint density at radius 1 is 1.24 bits per heavy atom. The molecular weight excluding hydrogens is 214 g/mol. The minimum Gasteiger partial charge on any atom is -0.444 e. The van der Waals surface area contributed by atoms with E-state index in [0.717, 1.165) is 12.3 Å². The number of ether oxygens (including phenoxy) is 1. The van der Waals surface area contributed by atoms with E-state index in [1.807, 2.05) is 20.8 Å². The molecule has 0 aromatic carbocycles. The average molecular weight is 241 g/mol. The van der Waals surface area contributed by atoms with Gasteiger partial charge in [0.05, 0.1) is 0 Å². The number of alkyl carbamates (subject to hydrolysis) is 1. The first-order valence-corrected chi connectivity index (χ1v) is 6.57. The van der Waals surface area contributed by atoms with Crippen LogP contribution in [-0.2, 0) is 4.74 Å². The van der Waals surface area contributed by atoms with Crippen LogP contribution in [0.25, 0.3) is 0 Å². The van der Waals surface area contributed by atoms with Gasteiger partial charge in [-0.3, -0.25) is 0 Å². The fourth-order valence-electron chi connectivity index (χ4n) is 1.77. The normalized spacial score (nSPS) is 18.7. The van der Waals surface area contributed by atoms with Gasteiger partial charge in [0.2, 0.25) is 0 Å². The predicted octanol–water partition coefficient (Wildman–Crippen LogP) is 3.73. The number of carbonyl (C=O) groups is 1. The van der Waals surface area contributed by atoms with E-state index >= 15 is 0 Å². The molecule has 3 nitrogen and oxygen atoms in total. The van der Waals surface area contributed by atoms with Crippen molar-refractivity contribution in [2.24, 2.45) is 11.3 Å². The van der Waals surface area contributed by atoms with Gasteiger partial charge in [-0.25, -0.2) is 4.79 Å². The third-order valence-corrected chi connectivity index (χ3v) is 3.00. The average Bonchev–Trinajstić information content (AvgIpc) is 2.81. The highest BCUT2D eigenvalue weighted by Gasteiger charge is 2.33. The molecule has 1 aliphatic rings. The zero-order chi connectivity index (χ0) is 13.3. The second-order valence-corrected chi connectivity index (χ2v) is 7.24. The van der Waals surface area contributed by atoms with E-state index in [2.05, 4.69) is 26.1 Å². The van der Waals surface area contributed by atoms with Crippen molar-refractivity contribution >= 4 is 6.09 Å². The van der Waals surface area contributed by atoms with Crippen LogP contribution in [-0.4, -0.2) is 17.7 Å². The summed E-state index contributed by atoms with van der Waals surface area (Å²) in [4.78, 5) is 11.8. The number of hydrogen-bond acceptors (Lipinski definition) is 2. The third-order valence-electron chi connectivity index (χ3n) is 3.00. The van der Waals surface area contributed by atoms with E-state index in [1.54, 1.807) is 0 Å². The molecule has 1 amide bonds. The highest BCUT2D eigenvalue weighted by atomic mass is 16.6. The molecule has 0 spiro atoms. The largest absolute Gasteiger partial charge is 0.444 e. The lowest BCUT2D eigenvalue weighted by molar-refractivity contribution is 0.0456. The molecule has 0 saturated heterocycles. The van der Waals surface area contributed by atoms with Crippen molar-refractivity contribution in [3.05, 3.63) is 0 Å². The van der Waals surface area contributed by atoms with E-state index in [9.17, 15) is 4.79 Å². The molecular formula is C14H27NO2. The van der Waals surface area contributed by atoms with Crippen molar-refractivity contribution in [3.8, 4) is 0 Å². The van der Waals surface area contributed by atoms with Gasteiger partial charge in [-0.05, 0) is 38.5 Å². The Kier molecular flexibility index (Phi) is 4.11. The Hall–Kier alpha value is -0.730. The minimum atomic E-state index is -0.425. The predicted molar refractivity (Wildman–Crippen MR) is 70.0 cm³/mol. The maximum absolute atomic E-state index is 11.8. The van der Waals surface area contributed by atoms with Crippen LogP contribution in [0.15, 0.2) is 0 Å². The van der Waals surface area contributed by atoms with Gasteiger partial charge in [0.1, 0.15) is 5.60 Å². The van der Waals surface area contributed by atoms with Crippen molar-refractivity contribution in [1.82, 2.24) is 5.32 Å². The maximum Gasteiger partial charge on any atom is 0.407 e. The lowest BCUT2D eigenvalue weighted by atomic mass is 9.83. The fraction of sp³-hybridized carbons (Fsp3) is 0.929. The van der Waals surface area contributed by atoms with Gasteiger partial charge in [0.15, 0.2) is 0 Å². The monoisotopic (exact) mass is 241 g/mol. The molecule has 0 aromatic heterocycles. The summed E-state index contributed by atoms with van der Waals surface area (Å²) in [6.45, 7) is 12.2. The third kappa shape index (κ3) is 5.94. The van der Waals surface area contributed by atoms with Crippen LogP contribution < -0.4 is 5.32 Å². The van der Waals surface area contributed by atoms with E-state index in [1.165, 1.54) is 12.8 Å². The summed E-state index contributed by atoms with van der Waals surface area (Å²) in [5, 5.41) is 3.02. The minimum absolute atomic E-state index is 0.0828. The quantitative estimate of drug-likeness (QED) is 0.817. The number of hydrogen-bond donors (Lipinski definition) is 1. The zero-order valence-corrected chi connectivity index (χ0v) is 12.1. The molecule has 100 valence electrons. The van der Waals surface area contributed by atoms with E-state index in [0.29, 0.717) is 0 Å². The van der Waals surface area contributed by atoms with E-state index in [-0.39, 0.29) is 17.6 Å². The Morgan fingerprint density at radius 2 is 1.76 bits per heavy atom. The Bertz CT molecular complexity index is 269. The lowest BCUT2D eigenvalue weighted by Gasteiger charge is -2.32. The molecule has 1 atom stereocenters. The second kappa shape index (κ2) is 4.87. The van der Waals surface area contributed by atoms with Gasteiger partial charge in [-0.15, -0.1) is 0 Å². The van der Waals surface area contributed by atoms with Crippen LogP contribution in [0.5, 0.6) is 0 Å². The van der Waals surface area contributed by atoms with Gasteiger partial charge in [0, 0.05) is 6.04 Å². The maximum atomic E-state index is 11.8. The van der Waals surface area contributed by atoms with Crippen molar-refractivity contribution < 1.29 is 9.53 Å². The molecule has 1 aliphatic carbocycles. The number of rotatable bonds is 3. The highest BCUT2D eigenvalue weighted by Crippen LogP contribution is 2.37. The van der Waals surface area contributed by atoms with Crippen molar-refractivity contribution in [2.75, 3.05) is 0 Å². The first kappa shape index (κ1) is 14.3. The number of carbonyl (C=O) groups excluding carboxylic acids is 1. The van der Waals surface area contributed by atoms with E-state index in [4.69, 9.17) is 4.74 Å². The SMILES string of the molecule is CC(C)(C)OC(=O)NC(CC1CC1)C(C)(C)C. The van der Waals surface area contributed by atoms with Gasteiger partial charge < -0.3 is 10.1 Å². The summed E-state index contributed by atoms with van der Waals surface area (Å²) in [7, 11) is 0. The van der Waals surface area contributed by atoms with Crippen LogP contribution >= 0.6 is 0 Å². The summed E-state index contributed by atoms with van der Waals surface area (Å²) < 4.78 is 5.32. The Balaban J connectivity index is 2.50. The Labute approximate surface area is 105 Å². The van der Waals surface area contributed by atoms with Crippen LogP contribution in [0.2, 0.25) is 0 Å². The molecule has 1 N–H and O–H groups in total. The van der Waals surface area contributed by atoms with Gasteiger partial charge in [-0.2, -0.15) is 0 Å². The molecule has 0 radical (unpaired) electrons. The van der Waals surface area contributed by atoms with Gasteiger partial charge in [0.25, 0.3) is 0 Å². The smallest absolute Gasteiger partial charge is 0.407 e. The van der Waals surface area contributed by atoms with Crippen molar-refractivity contribution in [1.29, 1.82) is 0 Å².